The van der Waals surface area contributed by atoms with E-state index in [4.69, 9.17) is 32.4 Å². The number of ether oxygens (including phenoxy) is 1. The second-order valence-corrected chi connectivity index (χ2v) is 14.7. The largest absolute Gasteiger partial charge is 0.463 e. The molecule has 0 radical (unpaired) electrons. The van der Waals surface area contributed by atoms with Crippen LogP contribution in [0.1, 0.15) is 23.8 Å². The highest BCUT2D eigenvalue weighted by Gasteiger charge is 2.35. The summed E-state index contributed by atoms with van der Waals surface area (Å²) >= 11 is 14.2. The van der Waals surface area contributed by atoms with Gasteiger partial charge in [-0.3, -0.25) is 9.36 Å². The fourth-order valence-corrected chi connectivity index (χ4v) is 8.30. The molecule has 4 heterocycles. The van der Waals surface area contributed by atoms with E-state index in [0.29, 0.717) is 63.4 Å². The van der Waals surface area contributed by atoms with Crippen LogP contribution in [0.15, 0.2) is 111 Å². The summed E-state index contributed by atoms with van der Waals surface area (Å²) in [6.07, 6.45) is 2.02. The van der Waals surface area contributed by atoms with E-state index in [1.165, 1.54) is 21.1 Å². The molecule has 1 saturated heterocycles. The Labute approximate surface area is 291 Å². The molecule has 2 aliphatic heterocycles. The molecule has 5 aromatic rings. The van der Waals surface area contributed by atoms with Crippen molar-refractivity contribution in [3.63, 3.8) is 0 Å². The van der Waals surface area contributed by atoms with Crippen LogP contribution in [0.4, 0.5) is 0 Å². The van der Waals surface area contributed by atoms with Crippen LogP contribution in [0.3, 0.4) is 0 Å². The standard InChI is InChI=1S/C33H28Cl2N6O5S2/c34-24-8-3-6-22(18-24)29-20-27(30-12-5-15-46-30)38-41(29)31(42)21-47-33-37-36-32(40(33)28-11-2-1-10-26(28)35)23-7-4-9-25(19-23)48(43,44)39-13-16-45-17-14-39/h1-12,15,18-19,29H,13-14,16-17,20-21H2. The highest BCUT2D eigenvalue weighted by Crippen LogP contribution is 2.36. The van der Waals surface area contributed by atoms with Gasteiger partial charge in [-0.05, 0) is 54.1 Å². The maximum Gasteiger partial charge on any atom is 0.253 e. The highest BCUT2D eigenvalue weighted by molar-refractivity contribution is 7.99. The van der Waals surface area contributed by atoms with Gasteiger partial charge in [-0.15, -0.1) is 10.2 Å². The van der Waals surface area contributed by atoms with Gasteiger partial charge in [0, 0.05) is 30.1 Å². The summed E-state index contributed by atoms with van der Waals surface area (Å²) in [6.45, 7) is 1.23. The zero-order valence-electron chi connectivity index (χ0n) is 25.3. The highest BCUT2D eigenvalue weighted by atomic mass is 35.5. The van der Waals surface area contributed by atoms with Gasteiger partial charge < -0.3 is 9.15 Å². The lowest BCUT2D eigenvalue weighted by molar-refractivity contribution is -0.130. The minimum atomic E-state index is -3.77. The number of halogens is 2. The predicted octanol–water partition coefficient (Wildman–Crippen LogP) is 6.33. The van der Waals surface area contributed by atoms with Crippen molar-refractivity contribution in [1.82, 2.24) is 24.1 Å². The number of furan rings is 1. The van der Waals surface area contributed by atoms with Crippen LogP contribution in [0.2, 0.25) is 10.0 Å². The Balaban J connectivity index is 1.21. The number of hydrazone groups is 1. The molecule has 1 fully saturated rings. The van der Waals surface area contributed by atoms with E-state index < -0.39 is 10.0 Å². The number of aromatic nitrogens is 3. The summed E-state index contributed by atoms with van der Waals surface area (Å²) in [6, 6.07) is 24.3. The molecule has 15 heteroatoms. The quantitative estimate of drug-likeness (QED) is 0.162. The smallest absolute Gasteiger partial charge is 0.253 e. The number of hydrogen-bond donors (Lipinski definition) is 0. The van der Waals surface area contributed by atoms with E-state index in [0.717, 1.165) is 5.56 Å². The average molecular weight is 724 g/mol. The molecule has 48 heavy (non-hydrogen) atoms. The summed E-state index contributed by atoms with van der Waals surface area (Å²) in [7, 11) is -3.77. The van der Waals surface area contributed by atoms with E-state index >= 15 is 0 Å². The van der Waals surface area contributed by atoms with Crippen molar-refractivity contribution in [1.29, 1.82) is 0 Å². The topological polar surface area (TPSA) is 123 Å². The molecule has 1 amide bonds. The molecule has 2 aliphatic rings. The van der Waals surface area contributed by atoms with Gasteiger partial charge in [0.15, 0.2) is 11.0 Å². The van der Waals surface area contributed by atoms with Crippen molar-refractivity contribution in [3.8, 4) is 17.1 Å². The Morgan fingerprint density at radius 1 is 0.938 bits per heavy atom. The number of para-hydroxylation sites is 1. The Hall–Kier alpha value is -3.98. The van der Waals surface area contributed by atoms with Crippen molar-refractivity contribution >= 4 is 56.6 Å². The van der Waals surface area contributed by atoms with Crippen molar-refractivity contribution in [2.75, 3.05) is 32.1 Å². The molecule has 7 rings (SSSR count). The number of morpholine rings is 1. The molecule has 246 valence electrons. The summed E-state index contributed by atoms with van der Waals surface area (Å²) < 4.78 is 41.0. The Kier molecular flexibility index (Phi) is 9.40. The molecule has 0 spiro atoms. The molecule has 11 nitrogen and oxygen atoms in total. The minimum Gasteiger partial charge on any atom is -0.463 e. The first-order chi connectivity index (χ1) is 23.3. The van der Waals surface area contributed by atoms with E-state index in [-0.39, 0.29) is 35.7 Å². The molecule has 0 saturated carbocycles. The van der Waals surface area contributed by atoms with Gasteiger partial charge >= 0.3 is 0 Å². The van der Waals surface area contributed by atoms with Gasteiger partial charge in [0.2, 0.25) is 10.0 Å². The van der Waals surface area contributed by atoms with Crippen LogP contribution in [-0.4, -0.2) is 76.2 Å². The number of hydrogen-bond acceptors (Lipinski definition) is 9. The lowest BCUT2D eigenvalue weighted by Crippen LogP contribution is -2.40. The molecule has 3 aromatic carbocycles. The van der Waals surface area contributed by atoms with E-state index in [1.807, 2.05) is 36.4 Å². The number of carbonyl (C=O) groups is 1. The molecule has 0 bridgehead atoms. The molecule has 0 aliphatic carbocycles. The number of nitrogens with zero attached hydrogens (tertiary/aromatic N) is 6. The summed E-state index contributed by atoms with van der Waals surface area (Å²) in [5.41, 5.74) is 2.59. The third kappa shape index (κ3) is 6.53. The van der Waals surface area contributed by atoms with Crippen LogP contribution in [0.25, 0.3) is 17.1 Å². The third-order valence-electron chi connectivity index (χ3n) is 7.96. The monoisotopic (exact) mass is 722 g/mol. The summed E-state index contributed by atoms with van der Waals surface area (Å²) in [5, 5.41) is 16.4. The Morgan fingerprint density at radius 3 is 2.52 bits per heavy atom. The first-order valence-corrected chi connectivity index (χ1v) is 18.2. The van der Waals surface area contributed by atoms with Gasteiger partial charge in [-0.2, -0.15) is 9.41 Å². The number of amides is 1. The second-order valence-electron chi connectivity index (χ2n) is 11.0. The second kappa shape index (κ2) is 13.9. The number of rotatable bonds is 9. The summed E-state index contributed by atoms with van der Waals surface area (Å²) in [5.74, 6) is 0.666. The van der Waals surface area contributed by atoms with Crippen molar-refractivity contribution in [3.05, 3.63) is 113 Å². The van der Waals surface area contributed by atoms with Gasteiger partial charge in [0.25, 0.3) is 5.91 Å². The first-order valence-electron chi connectivity index (χ1n) is 15.0. The van der Waals surface area contributed by atoms with Gasteiger partial charge in [0.1, 0.15) is 11.5 Å². The lowest BCUT2D eigenvalue weighted by atomic mass is 10.0. The van der Waals surface area contributed by atoms with Crippen LogP contribution in [0, 0.1) is 0 Å². The fraction of sp³-hybridized carbons (Fsp3) is 0.212. The third-order valence-corrected chi connectivity index (χ3v) is 11.3. The molecule has 2 aromatic heterocycles. The van der Waals surface area contributed by atoms with E-state index in [1.54, 1.807) is 59.4 Å². The van der Waals surface area contributed by atoms with Crippen molar-refractivity contribution in [2.24, 2.45) is 5.10 Å². The maximum atomic E-state index is 13.9. The van der Waals surface area contributed by atoms with Crippen LogP contribution in [-0.2, 0) is 19.6 Å². The van der Waals surface area contributed by atoms with Crippen LogP contribution < -0.4 is 0 Å². The van der Waals surface area contributed by atoms with Gasteiger partial charge in [-0.1, -0.05) is 71.4 Å². The Morgan fingerprint density at radius 2 is 1.75 bits per heavy atom. The molecule has 1 unspecified atom stereocenters. The maximum absolute atomic E-state index is 13.9. The number of thioether (sulfide) groups is 1. The molecular formula is C33H28Cl2N6O5S2. The van der Waals surface area contributed by atoms with Crippen molar-refractivity contribution < 1.29 is 22.4 Å². The minimum absolute atomic E-state index is 0.0277. The zero-order valence-corrected chi connectivity index (χ0v) is 28.4. The first kappa shape index (κ1) is 32.6. The number of carbonyl (C=O) groups excluding carboxylic acids is 1. The predicted molar refractivity (Wildman–Crippen MR) is 183 cm³/mol. The lowest BCUT2D eigenvalue weighted by Gasteiger charge is -2.26. The molecule has 0 N–H and O–H groups in total. The normalized spacial score (nSPS) is 17.1. The van der Waals surface area contributed by atoms with Crippen LogP contribution in [0.5, 0.6) is 0 Å². The zero-order chi connectivity index (χ0) is 33.3. The van der Waals surface area contributed by atoms with Gasteiger partial charge in [0.05, 0.1) is 46.9 Å². The van der Waals surface area contributed by atoms with E-state index in [9.17, 15) is 13.2 Å². The Bertz CT molecular complexity index is 2100. The van der Waals surface area contributed by atoms with Crippen molar-refractivity contribution in [2.45, 2.75) is 22.5 Å². The summed E-state index contributed by atoms with van der Waals surface area (Å²) in [4.78, 5) is 14.0. The molecular weight excluding hydrogens is 695 g/mol. The average Bonchev–Trinajstić information content (AvgIpc) is 3.88. The van der Waals surface area contributed by atoms with Gasteiger partial charge in [-0.25, -0.2) is 13.4 Å². The fourth-order valence-electron chi connectivity index (χ4n) is 5.63. The van der Waals surface area contributed by atoms with E-state index in [2.05, 4.69) is 15.3 Å². The van der Waals surface area contributed by atoms with Crippen LogP contribution >= 0.6 is 35.0 Å². The number of benzene rings is 3. The SMILES string of the molecule is O=C(CSc1nnc(-c2cccc(S(=O)(=O)N3CCOCC3)c2)n1-c1ccccc1Cl)N1N=C(c2ccco2)CC1c1cccc(Cl)c1. The number of sulfonamides is 1. The molecule has 1 atom stereocenters.